The molecule has 1 aromatic rings. The van der Waals surface area contributed by atoms with Crippen LogP contribution in [0.5, 0.6) is 0 Å². The van der Waals surface area contributed by atoms with Crippen LogP contribution < -0.4 is 5.73 Å². The molecule has 104 valence electrons. The van der Waals surface area contributed by atoms with E-state index in [4.69, 9.17) is 5.73 Å². The molecule has 0 heterocycles. The van der Waals surface area contributed by atoms with Gasteiger partial charge in [-0.15, -0.1) is 0 Å². The average molecular weight is 257 g/mol. The Bertz CT molecular complexity index is 437. The van der Waals surface area contributed by atoms with Gasteiger partial charge in [0, 0.05) is 6.04 Å². The highest BCUT2D eigenvalue weighted by molar-refractivity contribution is 5.27. The maximum atomic E-state index is 6.59. The zero-order valence-electron chi connectivity index (χ0n) is 12.3. The molecule has 0 saturated heterocycles. The Morgan fingerprint density at radius 3 is 2.68 bits per heavy atom. The van der Waals surface area contributed by atoms with Crippen molar-refractivity contribution in [3.63, 3.8) is 0 Å². The van der Waals surface area contributed by atoms with Gasteiger partial charge in [0.2, 0.25) is 0 Å². The van der Waals surface area contributed by atoms with Crippen molar-refractivity contribution >= 4 is 0 Å². The Hall–Kier alpha value is -0.820. The maximum Gasteiger partial charge on any atom is 0.0326 e. The van der Waals surface area contributed by atoms with Gasteiger partial charge in [-0.1, -0.05) is 44.5 Å². The molecule has 1 aromatic carbocycles. The Balaban J connectivity index is 1.74. The predicted octanol–water partition coefficient (Wildman–Crippen LogP) is 4.32. The van der Waals surface area contributed by atoms with Gasteiger partial charge in [0.15, 0.2) is 0 Å². The monoisotopic (exact) mass is 257 g/mol. The summed E-state index contributed by atoms with van der Waals surface area (Å²) < 4.78 is 0. The fraction of sp³-hybridized carbons (Fsp3) is 0.667. The zero-order valence-corrected chi connectivity index (χ0v) is 12.3. The van der Waals surface area contributed by atoms with E-state index in [2.05, 4.69) is 38.1 Å². The molecule has 2 N–H and O–H groups in total. The number of benzene rings is 1. The lowest BCUT2D eigenvalue weighted by molar-refractivity contribution is 0.284. The van der Waals surface area contributed by atoms with E-state index in [-0.39, 0.29) is 6.04 Å². The van der Waals surface area contributed by atoms with Gasteiger partial charge >= 0.3 is 0 Å². The number of hydrogen-bond acceptors (Lipinski definition) is 1. The molecule has 1 nitrogen and oxygen atoms in total. The van der Waals surface area contributed by atoms with Crippen molar-refractivity contribution in [2.24, 2.45) is 29.4 Å². The van der Waals surface area contributed by atoms with Crippen LogP contribution in [-0.4, -0.2) is 0 Å². The van der Waals surface area contributed by atoms with Gasteiger partial charge in [-0.2, -0.15) is 0 Å². The summed E-state index contributed by atoms with van der Waals surface area (Å²) in [4.78, 5) is 0. The highest BCUT2D eigenvalue weighted by Crippen LogP contribution is 2.51. The van der Waals surface area contributed by atoms with E-state index < -0.39 is 0 Å². The molecule has 0 aliphatic heterocycles. The number of nitrogens with two attached hydrogens (primary N) is 1. The summed E-state index contributed by atoms with van der Waals surface area (Å²) in [5.74, 6) is 3.36. The molecule has 0 aromatic heterocycles. The van der Waals surface area contributed by atoms with E-state index in [9.17, 15) is 0 Å². The van der Waals surface area contributed by atoms with Crippen molar-refractivity contribution in [2.75, 3.05) is 0 Å². The average Bonchev–Trinajstić information content (AvgIpc) is 2.99. The Morgan fingerprint density at radius 2 is 2.05 bits per heavy atom. The largest absolute Gasteiger partial charge is 0.324 e. The van der Waals surface area contributed by atoms with Crippen LogP contribution in [-0.2, 0) is 6.42 Å². The number of rotatable bonds is 4. The van der Waals surface area contributed by atoms with E-state index in [1.807, 2.05) is 0 Å². The van der Waals surface area contributed by atoms with Crippen LogP contribution >= 0.6 is 0 Å². The fourth-order valence-electron chi connectivity index (χ4n) is 4.38. The van der Waals surface area contributed by atoms with Crippen LogP contribution in [0.1, 0.15) is 56.7 Å². The first-order chi connectivity index (χ1) is 9.13. The zero-order chi connectivity index (χ0) is 13.4. The van der Waals surface area contributed by atoms with Crippen LogP contribution in [0.15, 0.2) is 24.3 Å². The topological polar surface area (TPSA) is 26.0 Å². The normalized spacial score (nSPS) is 31.1. The fourth-order valence-corrected chi connectivity index (χ4v) is 4.38. The van der Waals surface area contributed by atoms with E-state index in [0.29, 0.717) is 5.92 Å². The molecule has 2 saturated carbocycles. The first-order valence-electron chi connectivity index (χ1n) is 7.98. The molecule has 0 amide bonds. The predicted molar refractivity (Wildman–Crippen MR) is 80.9 cm³/mol. The second-order valence-electron chi connectivity index (χ2n) is 7.21. The summed E-state index contributed by atoms with van der Waals surface area (Å²) in [7, 11) is 0. The molecule has 1 heteroatoms. The van der Waals surface area contributed by atoms with Crippen molar-refractivity contribution in [3.05, 3.63) is 35.4 Å². The van der Waals surface area contributed by atoms with E-state index >= 15 is 0 Å². The third kappa shape index (κ3) is 2.72. The van der Waals surface area contributed by atoms with Gasteiger partial charge < -0.3 is 5.73 Å². The van der Waals surface area contributed by atoms with E-state index in [1.54, 1.807) is 0 Å². The first-order valence-corrected chi connectivity index (χ1v) is 7.98. The molecule has 0 radical (unpaired) electrons. The van der Waals surface area contributed by atoms with Gasteiger partial charge in [0.1, 0.15) is 0 Å². The van der Waals surface area contributed by atoms with Gasteiger partial charge in [0.05, 0.1) is 0 Å². The Labute approximate surface area is 117 Å². The number of hydrogen-bond donors (Lipinski definition) is 1. The molecule has 2 fully saturated rings. The Kier molecular flexibility index (Phi) is 3.66. The quantitative estimate of drug-likeness (QED) is 0.854. The minimum atomic E-state index is 0.266. The lowest BCUT2D eigenvalue weighted by atomic mass is 9.80. The van der Waals surface area contributed by atoms with E-state index in [0.717, 1.165) is 24.2 Å². The van der Waals surface area contributed by atoms with Crippen LogP contribution in [0.3, 0.4) is 0 Å². The molecule has 19 heavy (non-hydrogen) atoms. The summed E-state index contributed by atoms with van der Waals surface area (Å²) in [5.41, 5.74) is 9.41. The molecular weight excluding hydrogens is 230 g/mol. The second-order valence-corrected chi connectivity index (χ2v) is 7.21. The van der Waals surface area contributed by atoms with Gasteiger partial charge in [-0.25, -0.2) is 0 Å². The minimum Gasteiger partial charge on any atom is -0.324 e. The molecule has 0 spiro atoms. The summed E-state index contributed by atoms with van der Waals surface area (Å²) in [6, 6.07) is 9.30. The molecule has 4 atom stereocenters. The molecular formula is C18H27N. The van der Waals surface area contributed by atoms with Crippen LogP contribution in [0.25, 0.3) is 0 Å². The van der Waals surface area contributed by atoms with Crippen molar-refractivity contribution in [1.29, 1.82) is 0 Å². The SMILES string of the molecule is CC(C)Cc1cccc(C(N)C2CC3CCC2C3)c1. The van der Waals surface area contributed by atoms with Gasteiger partial charge in [0.25, 0.3) is 0 Å². The lowest BCUT2D eigenvalue weighted by Crippen LogP contribution is -2.26. The molecule has 2 aliphatic carbocycles. The van der Waals surface area contributed by atoms with Crippen LogP contribution in [0, 0.1) is 23.7 Å². The molecule has 2 bridgehead atoms. The Morgan fingerprint density at radius 1 is 1.21 bits per heavy atom. The smallest absolute Gasteiger partial charge is 0.0326 e. The first kappa shape index (κ1) is 13.2. The summed E-state index contributed by atoms with van der Waals surface area (Å²) in [6.07, 6.45) is 6.87. The molecule has 2 aliphatic rings. The second kappa shape index (κ2) is 5.28. The van der Waals surface area contributed by atoms with Crippen molar-refractivity contribution in [3.8, 4) is 0 Å². The van der Waals surface area contributed by atoms with Crippen molar-refractivity contribution in [2.45, 2.75) is 52.0 Å². The standard InChI is InChI=1S/C18H27N/c1-12(2)8-13-4-3-5-16(10-13)18(19)17-11-14-6-7-15(17)9-14/h3-5,10,12,14-15,17-18H,6-9,11,19H2,1-2H3. The third-order valence-electron chi connectivity index (χ3n) is 5.23. The maximum absolute atomic E-state index is 6.59. The lowest BCUT2D eigenvalue weighted by Gasteiger charge is -2.28. The summed E-state index contributed by atoms with van der Waals surface area (Å²) >= 11 is 0. The number of fused-ring (bicyclic) bond motifs is 2. The molecule has 3 rings (SSSR count). The van der Waals surface area contributed by atoms with Gasteiger partial charge in [-0.3, -0.25) is 0 Å². The highest BCUT2D eigenvalue weighted by atomic mass is 14.7. The summed E-state index contributed by atoms with van der Waals surface area (Å²) in [6.45, 7) is 4.56. The van der Waals surface area contributed by atoms with E-state index in [1.165, 1.54) is 36.8 Å². The van der Waals surface area contributed by atoms with Crippen molar-refractivity contribution < 1.29 is 0 Å². The van der Waals surface area contributed by atoms with Crippen LogP contribution in [0.4, 0.5) is 0 Å². The van der Waals surface area contributed by atoms with Gasteiger partial charge in [-0.05, 0) is 60.5 Å². The molecule has 4 unspecified atom stereocenters. The van der Waals surface area contributed by atoms with Crippen molar-refractivity contribution in [1.82, 2.24) is 0 Å². The summed E-state index contributed by atoms with van der Waals surface area (Å²) in [5, 5.41) is 0. The highest BCUT2D eigenvalue weighted by Gasteiger charge is 2.42. The minimum absolute atomic E-state index is 0.266. The third-order valence-corrected chi connectivity index (χ3v) is 5.23. The van der Waals surface area contributed by atoms with Crippen LogP contribution in [0.2, 0.25) is 0 Å².